The summed E-state index contributed by atoms with van der Waals surface area (Å²) in [4.78, 5) is 0. The zero-order valence-corrected chi connectivity index (χ0v) is 14.3. The standard InChI is InChI=1S/C16H14ClIN2O/c1-9-3-2-4-11-8-14(21-16(9)11)15(20-19)10-5-6-13(18)12(17)7-10/h2-8,15,20H,19H2,1H3. The number of hydrogen-bond acceptors (Lipinski definition) is 3. The molecule has 3 rings (SSSR count). The highest BCUT2D eigenvalue weighted by Gasteiger charge is 2.18. The van der Waals surface area contributed by atoms with Gasteiger partial charge in [-0.15, -0.1) is 0 Å². The Morgan fingerprint density at radius 3 is 2.71 bits per heavy atom. The first-order valence-electron chi connectivity index (χ1n) is 6.50. The third-order valence-corrected chi connectivity index (χ3v) is 5.06. The summed E-state index contributed by atoms with van der Waals surface area (Å²) in [7, 11) is 0. The van der Waals surface area contributed by atoms with Crippen LogP contribution < -0.4 is 11.3 Å². The van der Waals surface area contributed by atoms with Gasteiger partial charge in [0.05, 0.1) is 5.02 Å². The lowest BCUT2D eigenvalue weighted by Gasteiger charge is -2.14. The number of hydrogen-bond donors (Lipinski definition) is 2. The molecule has 0 spiro atoms. The first kappa shape index (κ1) is 14.8. The van der Waals surface area contributed by atoms with Crippen molar-refractivity contribution in [1.29, 1.82) is 0 Å². The molecule has 3 N–H and O–H groups in total. The van der Waals surface area contributed by atoms with E-state index in [1.54, 1.807) is 0 Å². The molecule has 0 radical (unpaired) electrons. The van der Waals surface area contributed by atoms with Crippen molar-refractivity contribution in [3.05, 3.63) is 67.9 Å². The summed E-state index contributed by atoms with van der Waals surface area (Å²) in [6.07, 6.45) is 0. The molecule has 0 saturated heterocycles. The second-order valence-corrected chi connectivity index (χ2v) is 6.48. The molecule has 0 bridgehead atoms. The molecule has 5 heteroatoms. The number of nitrogens with two attached hydrogens (primary N) is 1. The van der Waals surface area contributed by atoms with Crippen LogP contribution in [0, 0.1) is 10.5 Å². The molecule has 0 aliphatic carbocycles. The van der Waals surface area contributed by atoms with E-state index in [9.17, 15) is 0 Å². The number of halogens is 2. The summed E-state index contributed by atoms with van der Waals surface area (Å²) in [6, 6.07) is 13.7. The number of hydrazine groups is 1. The largest absolute Gasteiger partial charge is 0.459 e. The van der Waals surface area contributed by atoms with Crippen LogP contribution in [-0.4, -0.2) is 0 Å². The van der Waals surface area contributed by atoms with Crippen molar-refractivity contribution < 1.29 is 4.42 Å². The fourth-order valence-corrected chi connectivity index (χ4v) is 2.93. The maximum absolute atomic E-state index is 6.20. The smallest absolute Gasteiger partial charge is 0.137 e. The molecular weight excluding hydrogens is 399 g/mol. The first-order chi connectivity index (χ1) is 10.1. The van der Waals surface area contributed by atoms with E-state index in [0.717, 1.165) is 31.4 Å². The van der Waals surface area contributed by atoms with Crippen LogP contribution in [0.15, 0.2) is 46.9 Å². The third kappa shape index (κ3) is 2.81. The average molecular weight is 413 g/mol. The van der Waals surface area contributed by atoms with Crippen LogP contribution in [-0.2, 0) is 0 Å². The highest BCUT2D eigenvalue weighted by molar-refractivity contribution is 14.1. The SMILES string of the molecule is Cc1cccc2cc(C(NN)c3ccc(I)c(Cl)c3)oc12. The van der Waals surface area contributed by atoms with E-state index < -0.39 is 0 Å². The van der Waals surface area contributed by atoms with Gasteiger partial charge in [-0.25, -0.2) is 5.43 Å². The highest BCUT2D eigenvalue weighted by Crippen LogP contribution is 2.31. The Kier molecular flexibility index (Phi) is 4.21. The molecule has 1 aromatic heterocycles. The highest BCUT2D eigenvalue weighted by atomic mass is 127. The van der Waals surface area contributed by atoms with Crippen molar-refractivity contribution in [2.24, 2.45) is 5.84 Å². The van der Waals surface area contributed by atoms with Crippen molar-refractivity contribution in [3.63, 3.8) is 0 Å². The molecule has 3 aromatic rings. The van der Waals surface area contributed by atoms with Gasteiger partial charge in [-0.05, 0) is 58.8 Å². The molecule has 0 saturated carbocycles. The maximum Gasteiger partial charge on any atom is 0.137 e. The number of fused-ring (bicyclic) bond motifs is 1. The molecule has 108 valence electrons. The Morgan fingerprint density at radius 2 is 2.05 bits per heavy atom. The summed E-state index contributed by atoms with van der Waals surface area (Å²) >= 11 is 8.40. The van der Waals surface area contributed by atoms with E-state index in [4.69, 9.17) is 21.9 Å². The molecule has 0 aliphatic heterocycles. The van der Waals surface area contributed by atoms with Gasteiger partial charge in [-0.3, -0.25) is 5.84 Å². The third-order valence-electron chi connectivity index (χ3n) is 3.49. The minimum absolute atomic E-state index is 0.230. The van der Waals surface area contributed by atoms with Gasteiger partial charge >= 0.3 is 0 Å². The lowest BCUT2D eigenvalue weighted by atomic mass is 10.0. The summed E-state index contributed by atoms with van der Waals surface area (Å²) in [5, 5.41) is 1.78. The second-order valence-electron chi connectivity index (χ2n) is 4.92. The van der Waals surface area contributed by atoms with Gasteiger partial charge in [-0.2, -0.15) is 0 Å². The summed E-state index contributed by atoms with van der Waals surface area (Å²) in [5.41, 5.74) is 5.78. The lowest BCUT2D eigenvalue weighted by Crippen LogP contribution is -2.28. The molecule has 1 atom stereocenters. The average Bonchev–Trinajstić information content (AvgIpc) is 2.89. The van der Waals surface area contributed by atoms with Crippen LogP contribution in [0.2, 0.25) is 5.02 Å². The molecule has 0 fully saturated rings. The fourth-order valence-electron chi connectivity index (χ4n) is 2.41. The fraction of sp³-hybridized carbons (Fsp3) is 0.125. The minimum Gasteiger partial charge on any atom is -0.459 e. The Labute approximate surface area is 141 Å². The van der Waals surface area contributed by atoms with Crippen molar-refractivity contribution >= 4 is 45.2 Å². The summed E-state index contributed by atoms with van der Waals surface area (Å²) < 4.78 is 7.00. The monoisotopic (exact) mass is 412 g/mol. The first-order valence-corrected chi connectivity index (χ1v) is 7.96. The van der Waals surface area contributed by atoms with Crippen molar-refractivity contribution in [3.8, 4) is 0 Å². The molecule has 3 nitrogen and oxygen atoms in total. The number of benzene rings is 2. The number of rotatable bonds is 3. The Bertz CT molecular complexity index is 800. The van der Waals surface area contributed by atoms with Gasteiger partial charge in [0, 0.05) is 8.96 Å². The molecule has 0 aliphatic rings. The molecule has 2 aromatic carbocycles. The van der Waals surface area contributed by atoms with E-state index >= 15 is 0 Å². The van der Waals surface area contributed by atoms with Crippen molar-refractivity contribution in [1.82, 2.24) is 5.43 Å². The van der Waals surface area contributed by atoms with E-state index in [-0.39, 0.29) is 6.04 Å². The Balaban J connectivity index is 2.09. The predicted molar refractivity (Wildman–Crippen MR) is 94.3 cm³/mol. The van der Waals surface area contributed by atoms with Crippen LogP contribution in [0.1, 0.15) is 22.9 Å². The van der Waals surface area contributed by atoms with Gasteiger partial charge in [0.25, 0.3) is 0 Å². The van der Waals surface area contributed by atoms with E-state index in [0.29, 0.717) is 5.02 Å². The zero-order chi connectivity index (χ0) is 15.0. The predicted octanol–water partition coefficient (Wildman–Crippen LogP) is 4.55. The molecule has 1 heterocycles. The Morgan fingerprint density at radius 1 is 1.24 bits per heavy atom. The van der Waals surface area contributed by atoms with Gasteiger partial charge in [0.2, 0.25) is 0 Å². The number of para-hydroxylation sites is 1. The molecule has 21 heavy (non-hydrogen) atoms. The minimum atomic E-state index is -0.230. The van der Waals surface area contributed by atoms with Gasteiger partial charge < -0.3 is 4.42 Å². The van der Waals surface area contributed by atoms with Gasteiger partial charge in [0.1, 0.15) is 17.4 Å². The van der Waals surface area contributed by atoms with E-state index in [1.807, 2.05) is 49.4 Å². The summed E-state index contributed by atoms with van der Waals surface area (Å²) in [6.45, 7) is 2.03. The number of nitrogens with one attached hydrogen (secondary N) is 1. The van der Waals surface area contributed by atoms with Crippen LogP contribution in [0.5, 0.6) is 0 Å². The lowest BCUT2D eigenvalue weighted by molar-refractivity contribution is 0.476. The topological polar surface area (TPSA) is 51.2 Å². The normalized spacial score (nSPS) is 12.8. The summed E-state index contributed by atoms with van der Waals surface area (Å²) in [5.74, 6) is 6.51. The van der Waals surface area contributed by atoms with Crippen LogP contribution in [0.4, 0.5) is 0 Å². The van der Waals surface area contributed by atoms with Crippen molar-refractivity contribution in [2.75, 3.05) is 0 Å². The Hall–Kier alpha value is -1.08. The van der Waals surface area contributed by atoms with Crippen molar-refractivity contribution in [2.45, 2.75) is 13.0 Å². The molecule has 0 amide bonds. The van der Waals surface area contributed by atoms with E-state index in [2.05, 4.69) is 28.0 Å². The molecule has 1 unspecified atom stereocenters. The zero-order valence-electron chi connectivity index (χ0n) is 11.4. The van der Waals surface area contributed by atoms with E-state index in [1.165, 1.54) is 0 Å². The number of furan rings is 1. The maximum atomic E-state index is 6.20. The quantitative estimate of drug-likeness (QED) is 0.377. The number of aryl methyl sites for hydroxylation is 1. The molecular formula is C16H14ClIN2O. The van der Waals surface area contributed by atoms with Gasteiger partial charge in [0.15, 0.2) is 0 Å². The van der Waals surface area contributed by atoms with Crippen LogP contribution in [0.25, 0.3) is 11.0 Å². The second kappa shape index (κ2) is 5.96. The van der Waals surface area contributed by atoms with Crippen LogP contribution >= 0.6 is 34.2 Å². The van der Waals surface area contributed by atoms with Crippen LogP contribution in [0.3, 0.4) is 0 Å². The van der Waals surface area contributed by atoms with Gasteiger partial charge in [-0.1, -0.05) is 35.9 Å².